The molecule has 3 rings (SSSR count). The summed E-state index contributed by atoms with van der Waals surface area (Å²) in [6.45, 7) is 0. The summed E-state index contributed by atoms with van der Waals surface area (Å²) in [6.07, 6.45) is 0. The largest absolute Gasteiger partial charge is 0.497 e. The standard InChI is InChI=1S/C18H15NO4/c1-22-13-7-3-11(4-8-13)15-16(18(21)19-17(15)20)12-5-9-14(23-2)10-6-12/h3-10H,1-2H3,(H,19,20,21). The Kier molecular flexibility index (Phi) is 3.85. The minimum absolute atomic E-state index is 0.364. The molecule has 5 nitrogen and oxygen atoms in total. The summed E-state index contributed by atoms with van der Waals surface area (Å²) in [6, 6.07) is 14.1. The Bertz CT molecular complexity index is 721. The Balaban J connectivity index is 2.12. The van der Waals surface area contributed by atoms with Gasteiger partial charge in [0.15, 0.2) is 0 Å². The van der Waals surface area contributed by atoms with E-state index in [1.54, 1.807) is 62.8 Å². The maximum absolute atomic E-state index is 12.2. The van der Waals surface area contributed by atoms with Crippen LogP contribution in [0.1, 0.15) is 11.1 Å². The van der Waals surface area contributed by atoms with Crippen molar-refractivity contribution in [3.05, 3.63) is 59.7 Å². The van der Waals surface area contributed by atoms with Crippen molar-refractivity contribution in [3.8, 4) is 11.5 Å². The van der Waals surface area contributed by atoms with Gasteiger partial charge in [0.1, 0.15) is 11.5 Å². The molecule has 0 unspecified atom stereocenters. The number of hydrogen-bond acceptors (Lipinski definition) is 4. The molecule has 0 radical (unpaired) electrons. The topological polar surface area (TPSA) is 64.6 Å². The van der Waals surface area contributed by atoms with Crippen molar-refractivity contribution in [2.75, 3.05) is 14.2 Å². The molecule has 2 aromatic rings. The summed E-state index contributed by atoms with van der Waals surface area (Å²) in [7, 11) is 3.14. The summed E-state index contributed by atoms with van der Waals surface area (Å²) in [4.78, 5) is 24.4. The maximum atomic E-state index is 12.2. The minimum atomic E-state index is -0.397. The Morgan fingerprint density at radius 3 is 1.30 bits per heavy atom. The highest BCUT2D eigenvalue weighted by molar-refractivity contribution is 6.49. The van der Waals surface area contributed by atoms with Crippen LogP contribution in [0.2, 0.25) is 0 Å². The van der Waals surface area contributed by atoms with E-state index in [-0.39, 0.29) is 0 Å². The molecular formula is C18H15NO4. The molecule has 0 spiro atoms. The molecule has 1 heterocycles. The second-order valence-corrected chi connectivity index (χ2v) is 4.99. The highest BCUT2D eigenvalue weighted by Crippen LogP contribution is 2.32. The van der Waals surface area contributed by atoms with E-state index < -0.39 is 11.8 Å². The highest BCUT2D eigenvalue weighted by Gasteiger charge is 2.32. The second-order valence-electron chi connectivity index (χ2n) is 4.99. The molecule has 1 aliphatic rings. The molecule has 0 saturated heterocycles. The van der Waals surface area contributed by atoms with Crippen LogP contribution in [0.25, 0.3) is 11.1 Å². The summed E-state index contributed by atoms with van der Waals surface area (Å²) < 4.78 is 10.2. The molecule has 0 aromatic heterocycles. The predicted octanol–water partition coefficient (Wildman–Crippen LogP) is 2.27. The molecule has 0 bridgehead atoms. The average molecular weight is 309 g/mol. The number of carbonyl (C=O) groups excluding carboxylic acids is 2. The van der Waals surface area contributed by atoms with Gasteiger partial charge in [-0.05, 0) is 35.4 Å². The van der Waals surface area contributed by atoms with Crippen LogP contribution in [-0.2, 0) is 9.59 Å². The number of nitrogens with one attached hydrogen (secondary N) is 1. The Morgan fingerprint density at radius 1 is 0.652 bits per heavy atom. The molecule has 23 heavy (non-hydrogen) atoms. The number of amides is 2. The van der Waals surface area contributed by atoms with Crippen LogP contribution < -0.4 is 14.8 Å². The van der Waals surface area contributed by atoms with Crippen LogP contribution in [-0.4, -0.2) is 26.0 Å². The third-order valence-electron chi connectivity index (χ3n) is 3.69. The van der Waals surface area contributed by atoms with E-state index in [2.05, 4.69) is 5.32 Å². The maximum Gasteiger partial charge on any atom is 0.259 e. The van der Waals surface area contributed by atoms with Gasteiger partial charge in [-0.25, -0.2) is 0 Å². The molecule has 116 valence electrons. The van der Waals surface area contributed by atoms with E-state index in [1.165, 1.54) is 0 Å². The van der Waals surface area contributed by atoms with Crippen molar-refractivity contribution in [1.82, 2.24) is 5.32 Å². The summed E-state index contributed by atoms with van der Waals surface area (Å²) in [5.41, 5.74) is 2.06. The van der Waals surface area contributed by atoms with Gasteiger partial charge in [-0.2, -0.15) is 0 Å². The Morgan fingerprint density at radius 2 is 1.00 bits per heavy atom. The van der Waals surface area contributed by atoms with Gasteiger partial charge in [-0.1, -0.05) is 24.3 Å². The first-order valence-corrected chi connectivity index (χ1v) is 7.03. The lowest BCUT2D eigenvalue weighted by Gasteiger charge is -2.07. The van der Waals surface area contributed by atoms with Gasteiger partial charge in [0, 0.05) is 0 Å². The molecule has 2 amide bonds. The van der Waals surface area contributed by atoms with Crippen LogP contribution in [0.3, 0.4) is 0 Å². The number of methoxy groups -OCH3 is 2. The Hall–Kier alpha value is -3.08. The van der Waals surface area contributed by atoms with Gasteiger partial charge in [0.25, 0.3) is 11.8 Å². The third-order valence-corrected chi connectivity index (χ3v) is 3.69. The number of rotatable bonds is 4. The molecule has 0 fully saturated rings. The number of ether oxygens (including phenoxy) is 2. The number of hydrogen-bond donors (Lipinski definition) is 1. The molecular weight excluding hydrogens is 294 g/mol. The molecule has 0 saturated carbocycles. The molecule has 0 atom stereocenters. The zero-order valence-corrected chi connectivity index (χ0v) is 12.8. The zero-order chi connectivity index (χ0) is 16.4. The quantitative estimate of drug-likeness (QED) is 0.880. The van der Waals surface area contributed by atoms with E-state index in [0.717, 1.165) is 0 Å². The smallest absolute Gasteiger partial charge is 0.259 e. The first-order chi connectivity index (χ1) is 11.1. The van der Waals surface area contributed by atoms with Crippen LogP contribution in [0.4, 0.5) is 0 Å². The fourth-order valence-electron chi connectivity index (χ4n) is 2.52. The molecule has 1 N–H and O–H groups in total. The lowest BCUT2D eigenvalue weighted by Crippen LogP contribution is -2.22. The van der Waals surface area contributed by atoms with Gasteiger partial charge < -0.3 is 9.47 Å². The van der Waals surface area contributed by atoms with Crippen LogP contribution in [0, 0.1) is 0 Å². The van der Waals surface area contributed by atoms with Crippen molar-refractivity contribution in [3.63, 3.8) is 0 Å². The lowest BCUT2D eigenvalue weighted by atomic mass is 9.96. The molecule has 0 aliphatic carbocycles. The average Bonchev–Trinajstić information content (AvgIpc) is 2.89. The first-order valence-electron chi connectivity index (χ1n) is 7.03. The zero-order valence-electron chi connectivity index (χ0n) is 12.8. The van der Waals surface area contributed by atoms with E-state index in [4.69, 9.17) is 9.47 Å². The van der Waals surface area contributed by atoms with Crippen LogP contribution >= 0.6 is 0 Å². The van der Waals surface area contributed by atoms with Gasteiger partial charge in [0.05, 0.1) is 25.4 Å². The molecule has 5 heteroatoms. The van der Waals surface area contributed by atoms with Gasteiger partial charge in [-0.3, -0.25) is 14.9 Å². The number of benzene rings is 2. The van der Waals surface area contributed by atoms with E-state index in [1.807, 2.05) is 0 Å². The highest BCUT2D eigenvalue weighted by atomic mass is 16.5. The van der Waals surface area contributed by atoms with E-state index >= 15 is 0 Å². The minimum Gasteiger partial charge on any atom is -0.497 e. The summed E-state index contributed by atoms with van der Waals surface area (Å²) in [5, 5.41) is 2.36. The van der Waals surface area contributed by atoms with Crippen molar-refractivity contribution in [2.24, 2.45) is 0 Å². The van der Waals surface area contributed by atoms with Gasteiger partial charge >= 0.3 is 0 Å². The molecule has 2 aromatic carbocycles. The fraction of sp³-hybridized carbons (Fsp3) is 0.111. The van der Waals surface area contributed by atoms with Crippen LogP contribution in [0.5, 0.6) is 11.5 Å². The van der Waals surface area contributed by atoms with E-state index in [0.29, 0.717) is 33.8 Å². The van der Waals surface area contributed by atoms with Crippen molar-refractivity contribution in [1.29, 1.82) is 0 Å². The van der Waals surface area contributed by atoms with Gasteiger partial charge in [0.2, 0.25) is 0 Å². The summed E-state index contributed by atoms with van der Waals surface area (Å²) >= 11 is 0. The predicted molar refractivity (Wildman–Crippen MR) is 86.0 cm³/mol. The normalized spacial score (nSPS) is 14.0. The second kappa shape index (κ2) is 5.96. The first kappa shape index (κ1) is 14.8. The number of imide groups is 1. The van der Waals surface area contributed by atoms with Gasteiger partial charge in [-0.15, -0.1) is 0 Å². The van der Waals surface area contributed by atoms with Crippen molar-refractivity contribution in [2.45, 2.75) is 0 Å². The SMILES string of the molecule is COc1ccc(C2=C(c3ccc(OC)cc3)C(=O)NC2=O)cc1. The Labute approximate surface area is 133 Å². The third kappa shape index (κ3) is 2.68. The lowest BCUT2D eigenvalue weighted by molar-refractivity contribution is -0.122. The van der Waals surface area contributed by atoms with Crippen molar-refractivity contribution >= 4 is 23.0 Å². The monoisotopic (exact) mass is 309 g/mol. The van der Waals surface area contributed by atoms with E-state index in [9.17, 15) is 9.59 Å². The number of carbonyl (C=O) groups is 2. The summed E-state index contributed by atoms with van der Waals surface area (Å²) in [5.74, 6) is 0.576. The van der Waals surface area contributed by atoms with Crippen LogP contribution in [0.15, 0.2) is 48.5 Å². The fourth-order valence-corrected chi connectivity index (χ4v) is 2.52. The molecule has 1 aliphatic heterocycles. The van der Waals surface area contributed by atoms with Crippen molar-refractivity contribution < 1.29 is 19.1 Å².